The van der Waals surface area contributed by atoms with Crippen LogP contribution in [0.25, 0.3) is 5.65 Å². The van der Waals surface area contributed by atoms with Gasteiger partial charge in [0.2, 0.25) is 0 Å². The van der Waals surface area contributed by atoms with Gasteiger partial charge in [0.05, 0.1) is 0 Å². The number of fused-ring (bicyclic) bond motifs is 1. The minimum atomic E-state index is -0.00132. The number of carbonyl (C=O) groups is 1. The van der Waals surface area contributed by atoms with Crippen LogP contribution in [0.2, 0.25) is 0 Å². The molecule has 1 amide bonds. The molecule has 4 heterocycles. The number of piperidine rings is 1. The number of carbonyl (C=O) groups excluding carboxylic acids is 1. The topological polar surface area (TPSA) is 63.4 Å². The van der Waals surface area contributed by atoms with Gasteiger partial charge in [0.1, 0.15) is 17.2 Å². The maximum atomic E-state index is 12.9. The van der Waals surface area contributed by atoms with E-state index in [1.54, 1.807) is 6.20 Å². The summed E-state index contributed by atoms with van der Waals surface area (Å²) in [6, 6.07) is 7.85. The van der Waals surface area contributed by atoms with Gasteiger partial charge in [-0.1, -0.05) is 6.07 Å². The molecule has 0 radical (unpaired) electrons. The molecule has 1 unspecified atom stereocenters. The summed E-state index contributed by atoms with van der Waals surface area (Å²) in [4.78, 5) is 28.1. The molecular formula is C19H21N5O. The van der Waals surface area contributed by atoms with E-state index in [1.165, 1.54) is 0 Å². The average molecular weight is 335 g/mol. The highest BCUT2D eigenvalue weighted by molar-refractivity contribution is 5.93. The molecule has 25 heavy (non-hydrogen) atoms. The van der Waals surface area contributed by atoms with E-state index >= 15 is 0 Å². The van der Waals surface area contributed by atoms with Crippen molar-refractivity contribution >= 4 is 11.6 Å². The highest BCUT2D eigenvalue weighted by Gasteiger charge is 2.27. The van der Waals surface area contributed by atoms with Crippen LogP contribution in [0.1, 0.15) is 46.5 Å². The molecule has 1 aliphatic heterocycles. The third kappa shape index (κ3) is 2.99. The number of pyridine rings is 1. The van der Waals surface area contributed by atoms with Crippen LogP contribution in [0.4, 0.5) is 0 Å². The molecule has 0 saturated carbocycles. The number of imidazole rings is 1. The third-order valence-corrected chi connectivity index (χ3v) is 4.84. The summed E-state index contributed by atoms with van der Waals surface area (Å²) in [5.74, 6) is 1.04. The molecule has 6 nitrogen and oxygen atoms in total. The molecule has 0 bridgehead atoms. The van der Waals surface area contributed by atoms with E-state index < -0.39 is 0 Å². The standard InChI is InChI=1S/C19H21N5O/c1-13-5-3-7-18-22-17(12-24(13)18)19(25)23-10-4-6-15(11-23)16-8-9-20-14(2)21-16/h3,5,7-9,12,15H,4,6,10-11H2,1-2H3. The maximum Gasteiger partial charge on any atom is 0.274 e. The van der Waals surface area contributed by atoms with Crippen molar-refractivity contribution in [1.82, 2.24) is 24.3 Å². The van der Waals surface area contributed by atoms with Crippen LogP contribution in [-0.2, 0) is 0 Å². The Balaban J connectivity index is 1.57. The summed E-state index contributed by atoms with van der Waals surface area (Å²) in [5, 5.41) is 0. The number of hydrogen-bond acceptors (Lipinski definition) is 4. The third-order valence-electron chi connectivity index (χ3n) is 4.84. The second-order valence-corrected chi connectivity index (χ2v) is 6.64. The molecule has 1 fully saturated rings. The fourth-order valence-corrected chi connectivity index (χ4v) is 3.52. The fraction of sp³-hybridized carbons (Fsp3) is 0.368. The Morgan fingerprint density at radius 3 is 2.88 bits per heavy atom. The predicted molar refractivity (Wildman–Crippen MR) is 94.6 cm³/mol. The zero-order valence-electron chi connectivity index (χ0n) is 14.5. The van der Waals surface area contributed by atoms with Gasteiger partial charge in [0, 0.05) is 42.8 Å². The minimum Gasteiger partial charge on any atom is -0.337 e. The number of rotatable bonds is 2. The van der Waals surface area contributed by atoms with Crippen molar-refractivity contribution in [1.29, 1.82) is 0 Å². The first-order valence-corrected chi connectivity index (χ1v) is 8.65. The highest BCUT2D eigenvalue weighted by atomic mass is 16.2. The minimum absolute atomic E-state index is 0.00132. The number of aromatic nitrogens is 4. The predicted octanol–water partition coefficient (Wildman–Crippen LogP) is 2.76. The van der Waals surface area contributed by atoms with E-state index in [0.29, 0.717) is 12.2 Å². The Labute approximate surface area is 146 Å². The van der Waals surface area contributed by atoms with Crippen LogP contribution in [0.15, 0.2) is 36.7 Å². The lowest BCUT2D eigenvalue weighted by atomic mass is 9.94. The molecule has 1 atom stereocenters. The SMILES string of the molecule is Cc1nccc(C2CCCN(C(=O)c3cn4c(C)cccc4n3)C2)n1. The van der Waals surface area contributed by atoms with Crippen LogP contribution in [0.3, 0.4) is 0 Å². The first-order valence-electron chi connectivity index (χ1n) is 8.65. The van der Waals surface area contributed by atoms with E-state index in [2.05, 4.69) is 15.0 Å². The lowest BCUT2D eigenvalue weighted by molar-refractivity contribution is 0.0700. The Hall–Kier alpha value is -2.76. The molecule has 3 aromatic heterocycles. The number of likely N-dealkylation sites (tertiary alicyclic amines) is 1. The number of amides is 1. The van der Waals surface area contributed by atoms with Gasteiger partial charge in [-0.15, -0.1) is 0 Å². The van der Waals surface area contributed by atoms with Gasteiger partial charge in [-0.05, 0) is 44.9 Å². The molecule has 1 aliphatic rings. The fourth-order valence-electron chi connectivity index (χ4n) is 3.52. The first-order chi connectivity index (χ1) is 12.1. The van der Waals surface area contributed by atoms with Crippen LogP contribution >= 0.6 is 0 Å². The van der Waals surface area contributed by atoms with Crippen molar-refractivity contribution in [3.63, 3.8) is 0 Å². The Bertz CT molecular complexity index is 932. The summed E-state index contributed by atoms with van der Waals surface area (Å²) in [6.45, 7) is 5.36. The van der Waals surface area contributed by atoms with Gasteiger partial charge in [-0.2, -0.15) is 0 Å². The van der Waals surface area contributed by atoms with Gasteiger partial charge in [-0.25, -0.2) is 15.0 Å². The lowest BCUT2D eigenvalue weighted by Gasteiger charge is -2.32. The van der Waals surface area contributed by atoms with E-state index in [4.69, 9.17) is 0 Å². The molecule has 6 heteroatoms. The average Bonchev–Trinajstić information content (AvgIpc) is 3.07. The molecule has 0 N–H and O–H groups in total. The second kappa shape index (κ2) is 6.27. The normalized spacial score (nSPS) is 17.8. The van der Waals surface area contributed by atoms with Crippen molar-refractivity contribution in [2.24, 2.45) is 0 Å². The maximum absolute atomic E-state index is 12.9. The van der Waals surface area contributed by atoms with E-state index in [1.807, 2.05) is 53.6 Å². The molecule has 4 rings (SSSR count). The van der Waals surface area contributed by atoms with Gasteiger partial charge < -0.3 is 9.30 Å². The number of nitrogens with zero attached hydrogens (tertiary/aromatic N) is 5. The molecule has 1 saturated heterocycles. The largest absolute Gasteiger partial charge is 0.337 e. The van der Waals surface area contributed by atoms with Gasteiger partial charge in [0.15, 0.2) is 0 Å². The number of hydrogen-bond donors (Lipinski definition) is 0. The summed E-state index contributed by atoms with van der Waals surface area (Å²) in [7, 11) is 0. The van der Waals surface area contributed by atoms with Crippen LogP contribution < -0.4 is 0 Å². The zero-order valence-corrected chi connectivity index (χ0v) is 14.5. The van der Waals surface area contributed by atoms with Gasteiger partial charge in [0.25, 0.3) is 5.91 Å². The molecule has 0 spiro atoms. The molecule has 0 aliphatic carbocycles. The highest BCUT2D eigenvalue weighted by Crippen LogP contribution is 2.26. The molecular weight excluding hydrogens is 314 g/mol. The summed E-state index contributed by atoms with van der Waals surface area (Å²) in [6.07, 6.45) is 5.66. The van der Waals surface area contributed by atoms with E-state index in [9.17, 15) is 4.79 Å². The molecule has 3 aromatic rings. The summed E-state index contributed by atoms with van der Waals surface area (Å²) in [5.41, 5.74) is 3.41. The van der Waals surface area contributed by atoms with Gasteiger partial charge in [-0.3, -0.25) is 4.79 Å². The zero-order chi connectivity index (χ0) is 17.4. The Morgan fingerprint density at radius 1 is 1.20 bits per heavy atom. The van der Waals surface area contributed by atoms with Crippen molar-refractivity contribution < 1.29 is 4.79 Å². The summed E-state index contributed by atoms with van der Waals surface area (Å²) >= 11 is 0. The van der Waals surface area contributed by atoms with E-state index in [0.717, 1.165) is 42.2 Å². The second-order valence-electron chi connectivity index (χ2n) is 6.64. The Morgan fingerprint density at radius 2 is 2.08 bits per heavy atom. The quantitative estimate of drug-likeness (QED) is 0.722. The Kier molecular flexibility index (Phi) is 3.95. The molecule has 128 valence electrons. The van der Waals surface area contributed by atoms with Crippen molar-refractivity contribution in [2.45, 2.75) is 32.6 Å². The number of aryl methyl sites for hydroxylation is 2. The van der Waals surface area contributed by atoms with E-state index in [-0.39, 0.29) is 11.8 Å². The van der Waals surface area contributed by atoms with Crippen molar-refractivity contribution in [3.05, 3.63) is 59.6 Å². The lowest BCUT2D eigenvalue weighted by Crippen LogP contribution is -2.39. The first kappa shape index (κ1) is 15.7. The van der Waals surface area contributed by atoms with Crippen molar-refractivity contribution in [3.8, 4) is 0 Å². The van der Waals surface area contributed by atoms with Crippen LogP contribution in [0.5, 0.6) is 0 Å². The van der Waals surface area contributed by atoms with Crippen LogP contribution in [0, 0.1) is 13.8 Å². The summed E-state index contributed by atoms with van der Waals surface area (Å²) < 4.78 is 1.96. The smallest absolute Gasteiger partial charge is 0.274 e. The van der Waals surface area contributed by atoms with Crippen molar-refractivity contribution in [2.75, 3.05) is 13.1 Å². The molecule has 0 aromatic carbocycles. The van der Waals surface area contributed by atoms with Crippen LogP contribution in [-0.4, -0.2) is 43.2 Å². The monoisotopic (exact) mass is 335 g/mol. The van der Waals surface area contributed by atoms with Gasteiger partial charge >= 0.3 is 0 Å².